The largest absolute Gasteiger partial charge is 0.378 e. The number of aromatic amines is 1. The molecule has 2 fully saturated rings. The summed E-state index contributed by atoms with van der Waals surface area (Å²) >= 11 is 5.95. The minimum atomic E-state index is 0.220. The molecule has 0 unspecified atom stereocenters. The van der Waals surface area contributed by atoms with E-state index in [1.54, 1.807) is 6.20 Å². The normalized spacial score (nSPS) is 18.5. The molecule has 2 aromatic rings. The quantitative estimate of drug-likeness (QED) is 0.842. The number of hydrogen-bond donors (Lipinski definition) is 2. The summed E-state index contributed by atoms with van der Waals surface area (Å²) in [5.74, 6) is 2.07. The molecule has 0 bridgehead atoms. The molecule has 3 heterocycles. The van der Waals surface area contributed by atoms with Gasteiger partial charge in [-0.05, 0) is 24.4 Å². The molecular weight excluding hydrogens is 304 g/mol. The summed E-state index contributed by atoms with van der Waals surface area (Å²) in [4.78, 5) is 10.6. The average Bonchev–Trinajstić information content (AvgIpc) is 3.29. The summed E-state index contributed by atoms with van der Waals surface area (Å²) in [5.41, 5.74) is 2.10. The molecule has 0 radical (unpaired) electrons. The standard InChI is InChI=1S/C14H17ClN6O/c15-14-16-8-11(21-3-5-22-6-4-21)13(18-14)17-12-7-10(19-20-12)9-1-2-9/h7-9H,1-6H2,(H2,16,17,18,19,20). The van der Waals surface area contributed by atoms with Gasteiger partial charge in [0.2, 0.25) is 5.28 Å². The molecule has 2 N–H and O–H groups in total. The van der Waals surface area contributed by atoms with Crippen LogP contribution in [0.4, 0.5) is 17.3 Å². The second kappa shape index (κ2) is 5.73. The van der Waals surface area contributed by atoms with Crippen LogP contribution in [-0.4, -0.2) is 46.5 Å². The molecule has 116 valence electrons. The Morgan fingerprint density at radius 2 is 2.14 bits per heavy atom. The lowest BCUT2D eigenvalue weighted by molar-refractivity contribution is 0.122. The third kappa shape index (κ3) is 2.86. The first-order valence-electron chi connectivity index (χ1n) is 7.47. The van der Waals surface area contributed by atoms with E-state index >= 15 is 0 Å². The minimum absolute atomic E-state index is 0.220. The van der Waals surface area contributed by atoms with Crippen LogP contribution in [0, 0.1) is 0 Å². The molecule has 1 saturated carbocycles. The predicted octanol–water partition coefficient (Wildman–Crippen LogP) is 2.31. The highest BCUT2D eigenvalue weighted by Crippen LogP contribution is 2.40. The average molecular weight is 321 g/mol. The summed E-state index contributed by atoms with van der Waals surface area (Å²) in [6.45, 7) is 3.04. The van der Waals surface area contributed by atoms with E-state index in [4.69, 9.17) is 16.3 Å². The number of H-pyrrole nitrogens is 1. The molecule has 22 heavy (non-hydrogen) atoms. The van der Waals surface area contributed by atoms with Crippen LogP contribution < -0.4 is 10.2 Å². The van der Waals surface area contributed by atoms with Crippen LogP contribution >= 0.6 is 11.6 Å². The maximum absolute atomic E-state index is 5.95. The van der Waals surface area contributed by atoms with Gasteiger partial charge in [-0.25, -0.2) is 4.98 Å². The summed E-state index contributed by atoms with van der Waals surface area (Å²) < 4.78 is 5.39. The van der Waals surface area contributed by atoms with E-state index in [0.29, 0.717) is 24.9 Å². The highest BCUT2D eigenvalue weighted by atomic mass is 35.5. The number of rotatable bonds is 4. The number of hydrogen-bond acceptors (Lipinski definition) is 6. The Hall–Kier alpha value is -1.86. The van der Waals surface area contributed by atoms with E-state index < -0.39 is 0 Å². The monoisotopic (exact) mass is 320 g/mol. The Morgan fingerprint density at radius 1 is 1.32 bits per heavy atom. The summed E-state index contributed by atoms with van der Waals surface area (Å²) in [5, 5.41) is 10.9. The number of halogens is 1. The summed E-state index contributed by atoms with van der Waals surface area (Å²) in [6, 6.07) is 2.04. The highest BCUT2D eigenvalue weighted by Gasteiger charge is 2.26. The maximum Gasteiger partial charge on any atom is 0.224 e. The van der Waals surface area contributed by atoms with Crippen molar-refractivity contribution in [3.05, 3.63) is 23.2 Å². The fourth-order valence-electron chi connectivity index (χ4n) is 2.61. The van der Waals surface area contributed by atoms with E-state index in [1.807, 2.05) is 6.07 Å². The smallest absolute Gasteiger partial charge is 0.224 e. The van der Waals surface area contributed by atoms with Crippen molar-refractivity contribution in [3.8, 4) is 0 Å². The minimum Gasteiger partial charge on any atom is -0.378 e. The number of nitrogens with one attached hydrogen (secondary N) is 2. The van der Waals surface area contributed by atoms with Gasteiger partial charge in [0.25, 0.3) is 0 Å². The van der Waals surface area contributed by atoms with Crippen LogP contribution in [0.15, 0.2) is 12.3 Å². The molecule has 0 spiro atoms. The molecule has 1 aliphatic heterocycles. The highest BCUT2D eigenvalue weighted by molar-refractivity contribution is 6.28. The lowest BCUT2D eigenvalue weighted by Gasteiger charge is -2.29. The second-order valence-corrected chi connectivity index (χ2v) is 5.92. The van der Waals surface area contributed by atoms with E-state index in [0.717, 1.165) is 24.6 Å². The maximum atomic E-state index is 5.95. The van der Waals surface area contributed by atoms with Crippen molar-refractivity contribution in [1.82, 2.24) is 20.2 Å². The first-order valence-corrected chi connectivity index (χ1v) is 7.85. The van der Waals surface area contributed by atoms with Gasteiger partial charge >= 0.3 is 0 Å². The van der Waals surface area contributed by atoms with Crippen molar-refractivity contribution in [3.63, 3.8) is 0 Å². The van der Waals surface area contributed by atoms with Gasteiger partial charge in [0, 0.05) is 30.8 Å². The molecule has 0 aromatic carbocycles. The Bertz CT molecular complexity index is 665. The van der Waals surface area contributed by atoms with Gasteiger partial charge in [-0.1, -0.05) is 0 Å². The van der Waals surface area contributed by atoms with Gasteiger partial charge in [0.15, 0.2) is 11.6 Å². The van der Waals surface area contributed by atoms with Crippen LogP contribution in [0.2, 0.25) is 5.28 Å². The lowest BCUT2D eigenvalue weighted by Crippen LogP contribution is -2.36. The molecule has 8 heteroatoms. The van der Waals surface area contributed by atoms with Crippen molar-refractivity contribution in [2.24, 2.45) is 0 Å². The van der Waals surface area contributed by atoms with Crippen molar-refractivity contribution in [2.45, 2.75) is 18.8 Å². The fraction of sp³-hybridized carbons (Fsp3) is 0.500. The molecule has 4 rings (SSSR count). The molecule has 2 aliphatic rings. The van der Waals surface area contributed by atoms with Crippen LogP contribution in [0.25, 0.3) is 0 Å². The molecule has 1 aliphatic carbocycles. The third-order valence-electron chi connectivity index (χ3n) is 3.95. The van der Waals surface area contributed by atoms with Crippen LogP contribution in [0.3, 0.4) is 0 Å². The third-order valence-corrected chi connectivity index (χ3v) is 4.14. The van der Waals surface area contributed by atoms with Crippen LogP contribution in [0.5, 0.6) is 0 Å². The number of anilines is 3. The first kappa shape index (κ1) is 13.8. The first-order chi connectivity index (χ1) is 10.8. The predicted molar refractivity (Wildman–Crippen MR) is 83.9 cm³/mol. The molecule has 0 atom stereocenters. The number of ether oxygens (including phenoxy) is 1. The van der Waals surface area contributed by atoms with Crippen molar-refractivity contribution < 1.29 is 4.74 Å². The number of morpholine rings is 1. The Balaban J connectivity index is 1.59. The van der Waals surface area contributed by atoms with Crippen molar-refractivity contribution in [1.29, 1.82) is 0 Å². The number of nitrogens with zero attached hydrogens (tertiary/aromatic N) is 4. The van der Waals surface area contributed by atoms with Gasteiger partial charge in [-0.2, -0.15) is 10.1 Å². The SMILES string of the molecule is Clc1ncc(N2CCOCC2)c(Nc2cc(C3CC3)[nH]n2)n1. The van der Waals surface area contributed by atoms with Gasteiger partial charge in [-0.3, -0.25) is 5.10 Å². The van der Waals surface area contributed by atoms with Gasteiger partial charge < -0.3 is 15.0 Å². The van der Waals surface area contributed by atoms with Gasteiger partial charge in [0.1, 0.15) is 0 Å². The zero-order valence-corrected chi connectivity index (χ0v) is 12.8. The second-order valence-electron chi connectivity index (χ2n) is 5.58. The summed E-state index contributed by atoms with van der Waals surface area (Å²) in [7, 11) is 0. The zero-order valence-electron chi connectivity index (χ0n) is 12.0. The molecule has 2 aromatic heterocycles. The lowest BCUT2D eigenvalue weighted by atomic mass is 10.3. The summed E-state index contributed by atoms with van der Waals surface area (Å²) in [6.07, 6.45) is 4.22. The van der Waals surface area contributed by atoms with Crippen molar-refractivity contribution in [2.75, 3.05) is 36.5 Å². The van der Waals surface area contributed by atoms with E-state index in [9.17, 15) is 0 Å². The Kier molecular flexibility index (Phi) is 3.59. The van der Waals surface area contributed by atoms with E-state index in [-0.39, 0.29) is 5.28 Å². The number of aromatic nitrogens is 4. The van der Waals surface area contributed by atoms with Gasteiger partial charge in [0.05, 0.1) is 25.1 Å². The van der Waals surface area contributed by atoms with Crippen LogP contribution in [-0.2, 0) is 4.74 Å². The Morgan fingerprint density at radius 3 is 2.91 bits per heavy atom. The molecular formula is C14H17ClN6O. The van der Waals surface area contributed by atoms with E-state index in [2.05, 4.69) is 30.4 Å². The topological polar surface area (TPSA) is 79.0 Å². The molecule has 1 saturated heterocycles. The molecule has 7 nitrogen and oxygen atoms in total. The van der Waals surface area contributed by atoms with E-state index in [1.165, 1.54) is 18.5 Å². The molecule has 0 amide bonds. The van der Waals surface area contributed by atoms with Crippen LogP contribution in [0.1, 0.15) is 24.5 Å². The zero-order chi connectivity index (χ0) is 14.9. The Labute approximate surface area is 133 Å². The van der Waals surface area contributed by atoms with Gasteiger partial charge in [-0.15, -0.1) is 0 Å². The fourth-order valence-corrected chi connectivity index (χ4v) is 2.74. The van der Waals surface area contributed by atoms with Crippen molar-refractivity contribution >= 4 is 28.9 Å².